The molecule has 0 heterocycles. The number of thioether (sulfide) groups is 1. The number of oxime groups is 1. The van der Waals surface area contributed by atoms with Gasteiger partial charge in [-0.1, -0.05) is 42.4 Å². The Morgan fingerprint density at radius 2 is 2.13 bits per heavy atom. The van der Waals surface area contributed by atoms with Crippen LogP contribution in [0.25, 0.3) is 0 Å². The molecule has 0 aromatic heterocycles. The van der Waals surface area contributed by atoms with Gasteiger partial charge >= 0.3 is 0 Å². The van der Waals surface area contributed by atoms with Gasteiger partial charge in [-0.15, -0.1) is 11.8 Å². The molecule has 1 aromatic carbocycles. The zero-order valence-electron chi connectivity index (χ0n) is 8.76. The Morgan fingerprint density at radius 1 is 1.47 bits per heavy atom. The van der Waals surface area contributed by atoms with Crippen LogP contribution in [0.5, 0.6) is 0 Å². The quantitative estimate of drug-likeness (QED) is 0.357. The van der Waals surface area contributed by atoms with Crippen molar-refractivity contribution in [3.8, 4) is 0 Å². The summed E-state index contributed by atoms with van der Waals surface area (Å²) in [6, 6.07) is 9.75. The first-order chi connectivity index (χ1) is 7.27. The van der Waals surface area contributed by atoms with Crippen molar-refractivity contribution >= 4 is 16.8 Å². The van der Waals surface area contributed by atoms with Crippen LogP contribution in [-0.2, 0) is 0 Å². The van der Waals surface area contributed by atoms with Gasteiger partial charge in [0, 0.05) is 17.4 Å². The summed E-state index contributed by atoms with van der Waals surface area (Å²) in [4.78, 5) is 0. The Labute approximate surface area is 94.4 Å². The molecule has 0 saturated heterocycles. The molecular formula is C11H16N2OS. The number of nitrogens with zero attached hydrogens (tertiary/aromatic N) is 1. The van der Waals surface area contributed by atoms with E-state index in [0.29, 0.717) is 5.04 Å². The molecule has 1 rings (SSSR count). The molecule has 0 amide bonds. The summed E-state index contributed by atoms with van der Waals surface area (Å²) in [7, 11) is 0. The van der Waals surface area contributed by atoms with Gasteiger partial charge in [-0.3, -0.25) is 0 Å². The van der Waals surface area contributed by atoms with Crippen molar-refractivity contribution in [2.24, 2.45) is 10.9 Å². The van der Waals surface area contributed by atoms with Crippen LogP contribution in [0.3, 0.4) is 0 Å². The van der Waals surface area contributed by atoms with Crippen molar-refractivity contribution in [2.75, 3.05) is 5.75 Å². The van der Waals surface area contributed by atoms with Crippen molar-refractivity contribution in [1.82, 2.24) is 0 Å². The molecule has 0 aliphatic heterocycles. The molecule has 3 N–H and O–H groups in total. The van der Waals surface area contributed by atoms with Crippen molar-refractivity contribution in [3.05, 3.63) is 35.9 Å². The molecule has 3 nitrogen and oxygen atoms in total. The number of benzene rings is 1. The lowest BCUT2D eigenvalue weighted by atomic mass is 10.2. The normalized spacial score (nSPS) is 13.9. The summed E-state index contributed by atoms with van der Waals surface area (Å²) < 4.78 is 0. The van der Waals surface area contributed by atoms with Crippen LogP contribution in [0.1, 0.15) is 18.9 Å². The minimum absolute atomic E-state index is 0.149. The highest BCUT2D eigenvalue weighted by Crippen LogP contribution is 2.14. The van der Waals surface area contributed by atoms with Crippen LogP contribution in [0, 0.1) is 0 Å². The van der Waals surface area contributed by atoms with Crippen LogP contribution >= 0.6 is 11.8 Å². The average Bonchev–Trinajstić information content (AvgIpc) is 2.31. The maximum absolute atomic E-state index is 8.89. The van der Waals surface area contributed by atoms with E-state index in [1.54, 1.807) is 0 Å². The van der Waals surface area contributed by atoms with E-state index in [-0.39, 0.29) is 6.04 Å². The second kappa shape index (κ2) is 6.48. The fourth-order valence-corrected chi connectivity index (χ4v) is 2.02. The number of hydrogen-bond acceptors (Lipinski definition) is 4. The molecule has 1 unspecified atom stereocenters. The molecule has 0 saturated carbocycles. The van der Waals surface area contributed by atoms with Crippen molar-refractivity contribution in [1.29, 1.82) is 0 Å². The molecule has 82 valence electrons. The minimum atomic E-state index is 0.149. The molecule has 0 radical (unpaired) electrons. The van der Waals surface area contributed by atoms with Gasteiger partial charge in [0.25, 0.3) is 0 Å². The second-order valence-corrected chi connectivity index (χ2v) is 4.26. The van der Waals surface area contributed by atoms with Crippen LogP contribution in [0.4, 0.5) is 0 Å². The van der Waals surface area contributed by atoms with Crippen LogP contribution in [-0.4, -0.2) is 22.0 Å². The van der Waals surface area contributed by atoms with Crippen molar-refractivity contribution in [2.45, 2.75) is 19.4 Å². The van der Waals surface area contributed by atoms with E-state index >= 15 is 0 Å². The summed E-state index contributed by atoms with van der Waals surface area (Å²) >= 11 is 1.48. The van der Waals surface area contributed by atoms with Crippen LogP contribution < -0.4 is 5.73 Å². The molecule has 0 bridgehead atoms. The van der Waals surface area contributed by atoms with Gasteiger partial charge in [-0.05, 0) is 6.42 Å². The zero-order valence-corrected chi connectivity index (χ0v) is 9.57. The van der Waals surface area contributed by atoms with Gasteiger partial charge in [0.15, 0.2) is 0 Å². The largest absolute Gasteiger partial charge is 0.410 e. The zero-order chi connectivity index (χ0) is 11.1. The Hall–Kier alpha value is -1.00. The fourth-order valence-electron chi connectivity index (χ4n) is 1.05. The second-order valence-electron chi connectivity index (χ2n) is 3.25. The standard InChI is InChI=1S/C11H16N2OS/c1-2-10(12)8-15-11(13-14)9-6-4-3-5-7-9/h3-7,10,14H,2,8,12H2,1H3. The maximum atomic E-state index is 8.89. The highest BCUT2D eigenvalue weighted by molar-refractivity contribution is 8.14. The van der Waals surface area contributed by atoms with Gasteiger partial charge < -0.3 is 10.9 Å². The Morgan fingerprint density at radius 3 is 2.67 bits per heavy atom. The van der Waals surface area contributed by atoms with Gasteiger partial charge in [-0.2, -0.15) is 0 Å². The molecule has 0 aliphatic carbocycles. The molecule has 4 heteroatoms. The van der Waals surface area contributed by atoms with Crippen LogP contribution in [0.2, 0.25) is 0 Å². The lowest BCUT2D eigenvalue weighted by molar-refractivity contribution is 0.321. The minimum Gasteiger partial charge on any atom is -0.410 e. The maximum Gasteiger partial charge on any atom is 0.143 e. The Kier molecular flexibility index (Phi) is 5.21. The lowest BCUT2D eigenvalue weighted by Crippen LogP contribution is -2.22. The predicted molar refractivity (Wildman–Crippen MR) is 65.5 cm³/mol. The molecule has 1 aromatic rings. The summed E-state index contributed by atoms with van der Waals surface area (Å²) in [6.45, 7) is 2.05. The molecule has 15 heavy (non-hydrogen) atoms. The first kappa shape index (κ1) is 12.1. The summed E-state index contributed by atoms with van der Waals surface area (Å²) in [5, 5.41) is 12.8. The van der Waals surface area contributed by atoms with E-state index in [9.17, 15) is 0 Å². The third-order valence-corrected chi connectivity index (χ3v) is 3.26. The monoisotopic (exact) mass is 224 g/mol. The Balaban J connectivity index is 2.59. The third-order valence-electron chi connectivity index (χ3n) is 2.07. The lowest BCUT2D eigenvalue weighted by Gasteiger charge is -2.08. The van der Waals surface area contributed by atoms with Gasteiger partial charge in [0.05, 0.1) is 0 Å². The van der Waals surface area contributed by atoms with E-state index in [0.717, 1.165) is 17.7 Å². The molecule has 0 aliphatic rings. The van der Waals surface area contributed by atoms with Crippen molar-refractivity contribution < 1.29 is 5.21 Å². The summed E-state index contributed by atoms with van der Waals surface area (Å²) in [6.07, 6.45) is 0.931. The van der Waals surface area contributed by atoms with E-state index in [4.69, 9.17) is 10.9 Å². The molecule has 0 spiro atoms. The first-order valence-corrected chi connectivity index (χ1v) is 5.92. The number of rotatable bonds is 4. The van der Waals surface area contributed by atoms with E-state index in [1.165, 1.54) is 11.8 Å². The summed E-state index contributed by atoms with van der Waals surface area (Å²) in [5.74, 6) is 0.769. The van der Waals surface area contributed by atoms with Gasteiger partial charge in [-0.25, -0.2) is 0 Å². The number of nitrogens with two attached hydrogens (primary N) is 1. The third kappa shape index (κ3) is 3.93. The predicted octanol–water partition coefficient (Wildman–Crippen LogP) is 2.29. The molecular weight excluding hydrogens is 208 g/mol. The highest BCUT2D eigenvalue weighted by atomic mass is 32.2. The van der Waals surface area contributed by atoms with Crippen LogP contribution in [0.15, 0.2) is 35.5 Å². The summed E-state index contributed by atoms with van der Waals surface area (Å²) in [5.41, 5.74) is 6.72. The topological polar surface area (TPSA) is 58.6 Å². The molecule has 1 atom stereocenters. The van der Waals surface area contributed by atoms with Gasteiger partial charge in [0.2, 0.25) is 0 Å². The smallest absolute Gasteiger partial charge is 0.143 e. The van der Waals surface area contributed by atoms with E-state index in [2.05, 4.69) is 5.16 Å². The average molecular weight is 224 g/mol. The van der Waals surface area contributed by atoms with E-state index < -0.39 is 0 Å². The number of hydrogen-bond donors (Lipinski definition) is 2. The fraction of sp³-hybridized carbons (Fsp3) is 0.364. The first-order valence-electron chi connectivity index (χ1n) is 4.93. The Bertz CT molecular complexity index is 314. The molecule has 0 fully saturated rings. The highest BCUT2D eigenvalue weighted by Gasteiger charge is 2.07. The van der Waals surface area contributed by atoms with Gasteiger partial charge in [0.1, 0.15) is 5.04 Å². The van der Waals surface area contributed by atoms with Crippen molar-refractivity contribution in [3.63, 3.8) is 0 Å². The SMILES string of the molecule is CCC(N)CSC(=NO)c1ccccc1. The van der Waals surface area contributed by atoms with E-state index in [1.807, 2.05) is 37.3 Å².